The van der Waals surface area contributed by atoms with E-state index in [1.807, 2.05) is 36.4 Å². The quantitative estimate of drug-likeness (QED) is 0.360. The lowest BCUT2D eigenvalue weighted by Crippen LogP contribution is -2.27. The van der Waals surface area contributed by atoms with Gasteiger partial charge in [-0.15, -0.1) is 11.3 Å². The summed E-state index contributed by atoms with van der Waals surface area (Å²) in [7, 11) is 1.61. The van der Waals surface area contributed by atoms with Crippen LogP contribution in [0.15, 0.2) is 53.0 Å². The van der Waals surface area contributed by atoms with Gasteiger partial charge < -0.3 is 15.4 Å². The van der Waals surface area contributed by atoms with Gasteiger partial charge >= 0.3 is 0 Å². The SMILES string of the molecule is COc1ccc(NC(=O)c2c(NC(=O)c3cccc(Br)c3)sc3c2CCC(C(C)(C)C)C3)cc1. The molecule has 1 unspecified atom stereocenters. The van der Waals surface area contributed by atoms with Crippen molar-refractivity contribution in [3.63, 3.8) is 0 Å². The van der Waals surface area contributed by atoms with Crippen molar-refractivity contribution < 1.29 is 14.3 Å². The van der Waals surface area contributed by atoms with Gasteiger partial charge in [-0.1, -0.05) is 42.8 Å². The summed E-state index contributed by atoms with van der Waals surface area (Å²) in [6.45, 7) is 6.80. The summed E-state index contributed by atoms with van der Waals surface area (Å²) in [6, 6.07) is 14.5. The zero-order chi connectivity index (χ0) is 24.5. The van der Waals surface area contributed by atoms with Gasteiger partial charge in [-0.05, 0) is 78.6 Å². The van der Waals surface area contributed by atoms with E-state index in [-0.39, 0.29) is 17.2 Å². The maximum absolute atomic E-state index is 13.5. The molecule has 1 atom stereocenters. The largest absolute Gasteiger partial charge is 0.497 e. The number of fused-ring (bicyclic) bond motifs is 1. The predicted molar refractivity (Wildman–Crippen MR) is 142 cm³/mol. The number of thiophene rings is 1. The molecular weight excluding hydrogens is 512 g/mol. The van der Waals surface area contributed by atoms with Crippen molar-refractivity contribution in [2.45, 2.75) is 40.0 Å². The molecule has 1 aliphatic rings. The van der Waals surface area contributed by atoms with Crippen LogP contribution < -0.4 is 15.4 Å². The van der Waals surface area contributed by atoms with Gasteiger partial charge in [-0.2, -0.15) is 0 Å². The first-order valence-electron chi connectivity index (χ1n) is 11.3. The minimum atomic E-state index is -0.231. The fourth-order valence-corrected chi connectivity index (χ4v) is 6.05. The van der Waals surface area contributed by atoms with Crippen molar-refractivity contribution in [2.24, 2.45) is 11.3 Å². The molecule has 2 aromatic carbocycles. The van der Waals surface area contributed by atoms with Gasteiger partial charge in [0.05, 0.1) is 12.7 Å². The average Bonchev–Trinajstić information content (AvgIpc) is 3.16. The minimum absolute atomic E-state index is 0.187. The Kier molecular flexibility index (Phi) is 7.14. The Morgan fingerprint density at radius 3 is 2.44 bits per heavy atom. The van der Waals surface area contributed by atoms with Crippen LogP contribution in [0.2, 0.25) is 0 Å². The highest BCUT2D eigenvalue weighted by Gasteiger charge is 2.34. The Morgan fingerprint density at radius 1 is 1.06 bits per heavy atom. The van der Waals surface area contributed by atoms with Gasteiger partial charge in [0.25, 0.3) is 11.8 Å². The number of benzene rings is 2. The van der Waals surface area contributed by atoms with Gasteiger partial charge in [-0.25, -0.2) is 0 Å². The molecule has 0 fully saturated rings. The summed E-state index contributed by atoms with van der Waals surface area (Å²) in [5, 5.41) is 6.64. The van der Waals surface area contributed by atoms with Crippen molar-refractivity contribution in [1.82, 2.24) is 0 Å². The fourth-order valence-electron chi connectivity index (χ4n) is 4.33. The average molecular weight is 542 g/mol. The molecule has 7 heteroatoms. The molecule has 0 spiro atoms. The number of carbonyl (C=O) groups is 2. The molecule has 0 bridgehead atoms. The molecule has 5 nitrogen and oxygen atoms in total. The number of methoxy groups -OCH3 is 1. The highest BCUT2D eigenvalue weighted by Crippen LogP contribution is 2.44. The summed E-state index contributed by atoms with van der Waals surface area (Å²) < 4.78 is 6.04. The fraction of sp³-hybridized carbons (Fsp3) is 0.333. The molecule has 0 saturated heterocycles. The van der Waals surface area contributed by atoms with Gasteiger partial charge in [0.1, 0.15) is 10.8 Å². The topological polar surface area (TPSA) is 67.4 Å². The van der Waals surface area contributed by atoms with Gasteiger partial charge in [-0.3, -0.25) is 9.59 Å². The second kappa shape index (κ2) is 9.92. The Bertz CT molecular complexity index is 1210. The first-order valence-corrected chi connectivity index (χ1v) is 12.9. The molecule has 34 heavy (non-hydrogen) atoms. The van der Waals surface area contributed by atoms with Crippen LogP contribution in [0.3, 0.4) is 0 Å². The number of hydrogen-bond acceptors (Lipinski definition) is 4. The summed E-state index contributed by atoms with van der Waals surface area (Å²) in [6.07, 6.45) is 2.76. The second-order valence-corrected chi connectivity index (χ2v) is 11.7. The van der Waals surface area contributed by atoms with Crippen LogP contribution >= 0.6 is 27.3 Å². The molecule has 2 N–H and O–H groups in total. The smallest absolute Gasteiger partial charge is 0.258 e. The molecule has 0 aliphatic heterocycles. The number of rotatable bonds is 5. The Labute approximate surface area is 213 Å². The first-order chi connectivity index (χ1) is 16.2. The summed E-state index contributed by atoms with van der Waals surface area (Å²) >= 11 is 4.95. The van der Waals surface area contributed by atoms with Crippen LogP contribution in [0.25, 0.3) is 0 Å². The molecule has 3 aromatic rings. The lowest BCUT2D eigenvalue weighted by Gasteiger charge is -2.33. The van der Waals surface area contributed by atoms with Crippen LogP contribution in [0.4, 0.5) is 10.7 Å². The van der Waals surface area contributed by atoms with E-state index in [1.165, 1.54) is 16.2 Å². The molecule has 178 valence electrons. The molecule has 2 amide bonds. The van der Waals surface area contributed by atoms with E-state index in [2.05, 4.69) is 47.3 Å². The number of anilines is 2. The standard InChI is InChI=1S/C27H29BrN2O3S/c1-27(2,3)17-8-13-21-22(15-17)34-26(30-24(31)16-6-5-7-18(28)14-16)23(21)25(32)29-19-9-11-20(33-4)12-10-19/h5-7,9-12,14,17H,8,13,15H2,1-4H3,(H,29,32)(H,30,31). The predicted octanol–water partition coefficient (Wildman–Crippen LogP) is 7.17. The van der Waals surface area contributed by atoms with Crippen LogP contribution in [0.5, 0.6) is 5.75 Å². The number of halogens is 1. The van der Waals surface area contributed by atoms with Crippen molar-refractivity contribution in [2.75, 3.05) is 17.7 Å². The number of carbonyl (C=O) groups excluding carboxylic acids is 2. The summed E-state index contributed by atoms with van der Waals surface area (Å²) in [4.78, 5) is 27.7. The zero-order valence-electron chi connectivity index (χ0n) is 19.8. The van der Waals surface area contributed by atoms with Crippen molar-refractivity contribution in [1.29, 1.82) is 0 Å². The molecule has 1 aliphatic carbocycles. The van der Waals surface area contributed by atoms with E-state index in [1.54, 1.807) is 19.2 Å². The van der Waals surface area contributed by atoms with Crippen molar-refractivity contribution in [3.8, 4) is 5.75 Å². The number of amides is 2. The Morgan fingerprint density at radius 2 is 1.79 bits per heavy atom. The molecule has 1 aromatic heterocycles. The summed E-state index contributed by atoms with van der Waals surface area (Å²) in [5.74, 6) is 0.818. The van der Waals surface area contributed by atoms with Crippen molar-refractivity contribution in [3.05, 3.63) is 74.6 Å². The molecular formula is C27H29BrN2O3S. The molecule has 0 saturated carbocycles. The normalized spacial score (nSPS) is 15.4. The van der Waals surface area contributed by atoms with E-state index < -0.39 is 0 Å². The number of hydrogen-bond donors (Lipinski definition) is 2. The van der Waals surface area contributed by atoms with Crippen LogP contribution in [0, 0.1) is 11.3 Å². The molecule has 1 heterocycles. The van der Waals surface area contributed by atoms with Gasteiger partial charge in [0, 0.05) is 20.6 Å². The third-order valence-electron chi connectivity index (χ3n) is 6.38. The maximum Gasteiger partial charge on any atom is 0.258 e. The Balaban J connectivity index is 1.67. The van der Waals surface area contributed by atoms with Gasteiger partial charge in [0.2, 0.25) is 0 Å². The molecule has 0 radical (unpaired) electrons. The highest BCUT2D eigenvalue weighted by molar-refractivity contribution is 9.10. The van der Waals surface area contributed by atoms with E-state index >= 15 is 0 Å². The first kappa shape index (κ1) is 24.5. The summed E-state index contributed by atoms with van der Waals surface area (Å²) in [5.41, 5.74) is 3.04. The number of nitrogens with one attached hydrogen (secondary N) is 2. The molecule has 4 rings (SSSR count). The van der Waals surface area contributed by atoms with E-state index in [0.29, 0.717) is 27.7 Å². The van der Waals surface area contributed by atoms with E-state index in [4.69, 9.17) is 4.74 Å². The van der Waals surface area contributed by atoms with E-state index in [0.717, 1.165) is 35.0 Å². The minimum Gasteiger partial charge on any atom is -0.497 e. The van der Waals surface area contributed by atoms with Crippen molar-refractivity contribution >= 4 is 49.8 Å². The zero-order valence-corrected chi connectivity index (χ0v) is 22.2. The third-order valence-corrected chi connectivity index (χ3v) is 8.04. The van der Waals surface area contributed by atoms with Crippen LogP contribution in [-0.4, -0.2) is 18.9 Å². The monoisotopic (exact) mass is 540 g/mol. The third kappa shape index (κ3) is 5.36. The second-order valence-electron chi connectivity index (χ2n) is 9.66. The lowest BCUT2D eigenvalue weighted by molar-refractivity contribution is 0.102. The Hall–Kier alpha value is -2.64. The highest BCUT2D eigenvalue weighted by atomic mass is 79.9. The lowest BCUT2D eigenvalue weighted by atomic mass is 9.72. The van der Waals surface area contributed by atoms with Gasteiger partial charge in [0.15, 0.2) is 0 Å². The van der Waals surface area contributed by atoms with E-state index in [9.17, 15) is 9.59 Å². The maximum atomic E-state index is 13.5. The van der Waals surface area contributed by atoms with Crippen LogP contribution in [-0.2, 0) is 12.8 Å². The van der Waals surface area contributed by atoms with Crippen LogP contribution in [0.1, 0.15) is 58.3 Å². The number of ether oxygens (including phenoxy) is 1.